The number of non-ortho nitro benzene ring substituents is 1. The second-order valence-electron chi connectivity index (χ2n) is 3.67. The molecule has 0 amide bonds. The van der Waals surface area contributed by atoms with E-state index < -0.39 is 4.92 Å². The van der Waals surface area contributed by atoms with Crippen molar-refractivity contribution in [3.63, 3.8) is 0 Å². The topological polar surface area (TPSA) is 52.4 Å². The van der Waals surface area contributed by atoms with Crippen LogP contribution in [0.1, 0.15) is 5.56 Å². The smallest absolute Gasteiger partial charge is 0.269 e. The third-order valence-electron chi connectivity index (χ3n) is 2.37. The average molecular weight is 355 g/mol. The van der Waals surface area contributed by atoms with Crippen molar-refractivity contribution in [3.8, 4) is 5.75 Å². The van der Waals surface area contributed by atoms with E-state index in [0.29, 0.717) is 12.4 Å². The van der Waals surface area contributed by atoms with Gasteiger partial charge in [-0.15, -0.1) is 0 Å². The molecular weight excluding hydrogens is 345 g/mol. The average Bonchev–Trinajstić information content (AvgIpc) is 2.38. The van der Waals surface area contributed by atoms with E-state index in [1.54, 1.807) is 12.1 Å². The summed E-state index contributed by atoms with van der Waals surface area (Å²) in [5.74, 6) is 0.624. The molecule has 92 valence electrons. The Hall–Kier alpha value is -1.63. The minimum atomic E-state index is -0.428. The van der Waals surface area contributed by atoms with Crippen LogP contribution in [-0.4, -0.2) is 4.92 Å². The van der Waals surface area contributed by atoms with E-state index in [0.717, 1.165) is 5.56 Å². The zero-order valence-corrected chi connectivity index (χ0v) is 11.5. The Morgan fingerprint density at radius 3 is 2.22 bits per heavy atom. The first-order chi connectivity index (χ1) is 8.65. The SMILES string of the molecule is O=[N+]([O-])c1ccc(OCc2ccc(I)cc2)cc1. The van der Waals surface area contributed by atoms with E-state index in [1.807, 2.05) is 24.3 Å². The van der Waals surface area contributed by atoms with Crippen LogP contribution in [0.2, 0.25) is 0 Å². The zero-order chi connectivity index (χ0) is 13.0. The second-order valence-corrected chi connectivity index (χ2v) is 4.91. The molecule has 4 nitrogen and oxygen atoms in total. The van der Waals surface area contributed by atoms with Crippen molar-refractivity contribution in [1.82, 2.24) is 0 Å². The third-order valence-corrected chi connectivity index (χ3v) is 3.09. The Labute approximate surface area is 118 Å². The van der Waals surface area contributed by atoms with Gasteiger partial charge in [0, 0.05) is 15.7 Å². The minimum absolute atomic E-state index is 0.0663. The standard InChI is InChI=1S/C13H10INO3/c14-11-3-1-10(2-4-11)9-18-13-7-5-12(6-8-13)15(16)17/h1-8H,9H2. The van der Waals surface area contributed by atoms with Crippen molar-refractivity contribution in [1.29, 1.82) is 0 Å². The highest BCUT2D eigenvalue weighted by Gasteiger charge is 2.04. The molecule has 0 N–H and O–H groups in total. The fourth-order valence-electron chi connectivity index (χ4n) is 1.41. The van der Waals surface area contributed by atoms with Gasteiger partial charge in [0.2, 0.25) is 0 Å². The van der Waals surface area contributed by atoms with Crippen LogP contribution < -0.4 is 4.74 Å². The summed E-state index contributed by atoms with van der Waals surface area (Å²) in [5.41, 5.74) is 1.13. The Morgan fingerprint density at radius 1 is 1.06 bits per heavy atom. The largest absolute Gasteiger partial charge is 0.489 e. The molecule has 2 aromatic carbocycles. The van der Waals surface area contributed by atoms with Crippen LogP contribution in [0.5, 0.6) is 5.75 Å². The first-order valence-electron chi connectivity index (χ1n) is 5.27. The van der Waals surface area contributed by atoms with Crippen molar-refractivity contribution < 1.29 is 9.66 Å². The summed E-state index contributed by atoms with van der Waals surface area (Å²) < 4.78 is 6.71. The van der Waals surface area contributed by atoms with E-state index in [1.165, 1.54) is 15.7 Å². The highest BCUT2D eigenvalue weighted by molar-refractivity contribution is 14.1. The maximum atomic E-state index is 10.5. The maximum Gasteiger partial charge on any atom is 0.269 e. The fourth-order valence-corrected chi connectivity index (χ4v) is 1.77. The van der Waals surface area contributed by atoms with E-state index in [2.05, 4.69) is 22.6 Å². The molecule has 0 heterocycles. The number of rotatable bonds is 4. The van der Waals surface area contributed by atoms with E-state index in [9.17, 15) is 10.1 Å². The maximum absolute atomic E-state index is 10.5. The Kier molecular flexibility index (Phi) is 4.14. The molecule has 0 unspecified atom stereocenters. The molecule has 0 aliphatic rings. The van der Waals surface area contributed by atoms with Crippen molar-refractivity contribution in [3.05, 3.63) is 67.8 Å². The molecule has 0 aliphatic heterocycles. The molecule has 0 atom stereocenters. The van der Waals surface area contributed by atoms with Gasteiger partial charge >= 0.3 is 0 Å². The lowest BCUT2D eigenvalue weighted by molar-refractivity contribution is -0.384. The molecule has 2 aromatic rings. The second kappa shape index (κ2) is 5.81. The van der Waals surface area contributed by atoms with Gasteiger partial charge in [0.05, 0.1) is 4.92 Å². The molecule has 0 saturated carbocycles. The number of nitro benzene ring substituents is 1. The number of benzene rings is 2. The van der Waals surface area contributed by atoms with E-state index >= 15 is 0 Å². The Morgan fingerprint density at radius 2 is 1.67 bits per heavy atom. The Bertz CT molecular complexity index is 537. The van der Waals surface area contributed by atoms with Crippen LogP contribution >= 0.6 is 22.6 Å². The predicted molar refractivity (Wildman–Crippen MR) is 76.6 cm³/mol. The summed E-state index contributed by atoms with van der Waals surface area (Å²) in [4.78, 5) is 10.1. The molecule has 0 aliphatic carbocycles. The monoisotopic (exact) mass is 355 g/mol. The van der Waals surface area contributed by atoms with Gasteiger partial charge in [0.1, 0.15) is 12.4 Å². The Balaban J connectivity index is 1.97. The zero-order valence-electron chi connectivity index (χ0n) is 9.38. The van der Waals surface area contributed by atoms with Gasteiger partial charge in [-0.1, -0.05) is 12.1 Å². The first-order valence-corrected chi connectivity index (χ1v) is 6.35. The number of hydrogen-bond donors (Lipinski definition) is 0. The number of halogens is 1. The highest BCUT2D eigenvalue weighted by Crippen LogP contribution is 2.18. The van der Waals surface area contributed by atoms with Crippen LogP contribution in [0, 0.1) is 13.7 Å². The summed E-state index contributed by atoms with van der Waals surface area (Å²) >= 11 is 2.24. The van der Waals surface area contributed by atoms with Crippen molar-refractivity contribution in [2.75, 3.05) is 0 Å². The number of nitrogens with zero attached hydrogens (tertiary/aromatic N) is 1. The van der Waals surface area contributed by atoms with E-state index in [-0.39, 0.29) is 5.69 Å². The van der Waals surface area contributed by atoms with Crippen molar-refractivity contribution in [2.24, 2.45) is 0 Å². The van der Waals surface area contributed by atoms with Crippen molar-refractivity contribution in [2.45, 2.75) is 6.61 Å². The fraction of sp³-hybridized carbons (Fsp3) is 0.0769. The molecule has 2 rings (SSSR count). The number of hydrogen-bond acceptors (Lipinski definition) is 3. The summed E-state index contributed by atoms with van der Waals surface area (Å²) in [5, 5.41) is 10.5. The van der Waals surface area contributed by atoms with Crippen LogP contribution in [-0.2, 0) is 6.61 Å². The number of ether oxygens (including phenoxy) is 1. The van der Waals surface area contributed by atoms with Gasteiger partial charge in [-0.2, -0.15) is 0 Å². The van der Waals surface area contributed by atoms with Gasteiger partial charge in [-0.3, -0.25) is 10.1 Å². The van der Waals surface area contributed by atoms with Gasteiger partial charge in [-0.25, -0.2) is 0 Å². The third kappa shape index (κ3) is 3.43. The summed E-state index contributed by atoms with van der Waals surface area (Å²) in [6.07, 6.45) is 0. The molecular formula is C13H10INO3. The summed E-state index contributed by atoms with van der Waals surface area (Å²) in [6, 6.07) is 14.1. The van der Waals surface area contributed by atoms with Crippen molar-refractivity contribution >= 4 is 28.3 Å². The van der Waals surface area contributed by atoms with Crippen LogP contribution in [0.15, 0.2) is 48.5 Å². The van der Waals surface area contributed by atoms with Crippen LogP contribution in [0.4, 0.5) is 5.69 Å². The molecule has 0 spiro atoms. The van der Waals surface area contributed by atoms with Crippen LogP contribution in [0.25, 0.3) is 0 Å². The molecule has 0 fully saturated rings. The summed E-state index contributed by atoms with van der Waals surface area (Å²) in [6.45, 7) is 0.453. The highest BCUT2D eigenvalue weighted by atomic mass is 127. The predicted octanol–water partition coefficient (Wildman–Crippen LogP) is 3.78. The van der Waals surface area contributed by atoms with E-state index in [4.69, 9.17) is 4.74 Å². The minimum Gasteiger partial charge on any atom is -0.489 e. The molecule has 5 heteroatoms. The molecule has 0 bridgehead atoms. The summed E-state index contributed by atoms with van der Waals surface area (Å²) in [7, 11) is 0. The van der Waals surface area contributed by atoms with Gasteiger partial charge < -0.3 is 4.74 Å². The number of nitro groups is 1. The lowest BCUT2D eigenvalue weighted by Gasteiger charge is -2.05. The van der Waals surface area contributed by atoms with Gasteiger partial charge in [-0.05, 0) is 52.4 Å². The first kappa shape index (κ1) is 12.8. The quantitative estimate of drug-likeness (QED) is 0.477. The van der Waals surface area contributed by atoms with Gasteiger partial charge in [0.25, 0.3) is 5.69 Å². The molecule has 18 heavy (non-hydrogen) atoms. The lowest BCUT2D eigenvalue weighted by Crippen LogP contribution is -1.95. The molecule has 0 aromatic heterocycles. The lowest BCUT2D eigenvalue weighted by atomic mass is 10.2. The van der Waals surface area contributed by atoms with Gasteiger partial charge in [0.15, 0.2) is 0 Å². The molecule has 0 saturated heterocycles. The molecule has 0 radical (unpaired) electrons. The van der Waals surface area contributed by atoms with Crippen LogP contribution in [0.3, 0.4) is 0 Å². The normalized spacial score (nSPS) is 10.1.